The lowest BCUT2D eigenvalue weighted by Gasteiger charge is -2.35. The Balaban J connectivity index is 1.64. The summed E-state index contributed by atoms with van der Waals surface area (Å²) < 4.78 is 11.2. The van der Waals surface area contributed by atoms with Gasteiger partial charge in [-0.2, -0.15) is 0 Å². The van der Waals surface area contributed by atoms with Crippen molar-refractivity contribution in [2.45, 2.75) is 44.2 Å². The molecule has 2 heterocycles. The Bertz CT molecular complexity index is 1100. The van der Waals surface area contributed by atoms with E-state index in [0.717, 1.165) is 32.1 Å². The number of phenols is 1. The Morgan fingerprint density at radius 1 is 0.938 bits per heavy atom. The number of fused-ring (bicyclic) bond motifs is 1. The molecule has 2 fully saturated rings. The van der Waals surface area contributed by atoms with Crippen LogP contribution in [-0.2, 0) is 9.59 Å². The molecule has 1 amide bonds. The van der Waals surface area contributed by atoms with Gasteiger partial charge in [0.2, 0.25) is 0 Å². The van der Waals surface area contributed by atoms with Gasteiger partial charge < -0.3 is 24.6 Å². The zero-order valence-electron chi connectivity index (χ0n) is 17.6. The number of aromatic hydroxyl groups is 1. The summed E-state index contributed by atoms with van der Waals surface area (Å²) in [5.74, 6) is -0.487. The minimum Gasteiger partial charge on any atom is -0.508 e. The number of phenolic OH excluding ortho intramolecular Hbond substituents is 1. The molecule has 7 nitrogen and oxygen atoms in total. The summed E-state index contributed by atoms with van der Waals surface area (Å²) >= 11 is 0. The van der Waals surface area contributed by atoms with E-state index in [-0.39, 0.29) is 23.1 Å². The molecule has 5 rings (SSSR count). The van der Waals surface area contributed by atoms with Crippen molar-refractivity contribution in [2.24, 2.45) is 0 Å². The van der Waals surface area contributed by atoms with Crippen molar-refractivity contribution < 1.29 is 29.3 Å². The fourth-order valence-electron chi connectivity index (χ4n) is 4.95. The van der Waals surface area contributed by atoms with Crippen LogP contribution >= 0.6 is 0 Å². The van der Waals surface area contributed by atoms with Crippen LogP contribution in [0.3, 0.4) is 0 Å². The topological polar surface area (TPSA) is 96.3 Å². The number of likely N-dealkylation sites (tertiary alicyclic amines) is 1. The Labute approximate surface area is 185 Å². The number of rotatable bonds is 3. The lowest BCUT2D eigenvalue weighted by molar-refractivity contribution is -0.141. The number of aliphatic hydroxyl groups excluding tert-OH is 1. The molecule has 1 saturated carbocycles. The van der Waals surface area contributed by atoms with E-state index < -0.39 is 17.7 Å². The molecular formula is C25H25NO6. The molecule has 2 aliphatic heterocycles. The van der Waals surface area contributed by atoms with Gasteiger partial charge in [-0.05, 0) is 48.7 Å². The molecule has 166 valence electrons. The average molecular weight is 435 g/mol. The van der Waals surface area contributed by atoms with Crippen LogP contribution < -0.4 is 9.47 Å². The van der Waals surface area contributed by atoms with E-state index in [1.165, 1.54) is 6.07 Å². The summed E-state index contributed by atoms with van der Waals surface area (Å²) in [5, 5.41) is 21.3. The van der Waals surface area contributed by atoms with Crippen LogP contribution in [0, 0.1) is 0 Å². The molecule has 2 N–H and O–H groups in total. The number of nitrogens with zero attached hydrogens (tertiary/aromatic N) is 1. The Morgan fingerprint density at radius 2 is 1.69 bits per heavy atom. The SMILES string of the molecule is O=C1C(=O)N(C2CCCCC2)C(c2cccc(O)c2)/C1=C(/O)c1ccc2c(c1)OCCO2. The highest BCUT2D eigenvalue weighted by Crippen LogP contribution is 2.44. The molecule has 32 heavy (non-hydrogen) atoms. The Morgan fingerprint density at radius 3 is 2.44 bits per heavy atom. The molecule has 0 bridgehead atoms. The number of aliphatic hydroxyl groups is 1. The quantitative estimate of drug-likeness (QED) is 0.431. The summed E-state index contributed by atoms with van der Waals surface area (Å²) in [6, 6.07) is 10.6. The first-order valence-corrected chi connectivity index (χ1v) is 11.0. The highest BCUT2D eigenvalue weighted by Gasteiger charge is 2.49. The van der Waals surface area contributed by atoms with Gasteiger partial charge in [-0.25, -0.2) is 0 Å². The first-order chi connectivity index (χ1) is 15.5. The monoisotopic (exact) mass is 435 g/mol. The minimum atomic E-state index is -0.765. The number of hydrogen-bond donors (Lipinski definition) is 2. The lowest BCUT2D eigenvalue weighted by atomic mass is 9.91. The van der Waals surface area contributed by atoms with Gasteiger partial charge >= 0.3 is 0 Å². The molecule has 3 aliphatic rings. The van der Waals surface area contributed by atoms with Crippen LogP contribution in [0.25, 0.3) is 5.76 Å². The van der Waals surface area contributed by atoms with Gasteiger partial charge in [-0.3, -0.25) is 9.59 Å². The maximum atomic E-state index is 13.2. The predicted octanol–water partition coefficient (Wildman–Crippen LogP) is 3.92. The number of ether oxygens (including phenoxy) is 2. The van der Waals surface area contributed by atoms with E-state index >= 15 is 0 Å². The van der Waals surface area contributed by atoms with Gasteiger partial charge in [0.15, 0.2) is 11.5 Å². The van der Waals surface area contributed by atoms with Gasteiger partial charge in [-0.15, -0.1) is 0 Å². The molecule has 1 aliphatic carbocycles. The zero-order valence-corrected chi connectivity index (χ0v) is 17.6. The number of carbonyl (C=O) groups is 2. The summed E-state index contributed by atoms with van der Waals surface area (Å²) in [6.07, 6.45) is 4.71. The number of carbonyl (C=O) groups excluding carboxylic acids is 2. The second kappa shape index (κ2) is 8.22. The third-order valence-corrected chi connectivity index (χ3v) is 6.45. The average Bonchev–Trinajstić information content (AvgIpc) is 3.09. The van der Waals surface area contributed by atoms with E-state index in [9.17, 15) is 19.8 Å². The maximum Gasteiger partial charge on any atom is 0.295 e. The number of Topliss-reactive ketones (excluding diaryl/α,β-unsaturated/α-hetero) is 1. The van der Waals surface area contributed by atoms with Crippen LogP contribution in [0.5, 0.6) is 17.2 Å². The summed E-state index contributed by atoms with van der Waals surface area (Å²) in [7, 11) is 0. The Hall–Kier alpha value is -3.48. The molecule has 1 atom stereocenters. The zero-order chi connectivity index (χ0) is 22.2. The second-order valence-corrected chi connectivity index (χ2v) is 8.45. The number of amides is 1. The van der Waals surface area contributed by atoms with Gasteiger partial charge in [0, 0.05) is 11.6 Å². The van der Waals surface area contributed by atoms with Crippen molar-refractivity contribution in [1.29, 1.82) is 0 Å². The Kier molecular flexibility index (Phi) is 5.25. The van der Waals surface area contributed by atoms with Crippen molar-refractivity contribution in [3.05, 3.63) is 59.2 Å². The lowest BCUT2D eigenvalue weighted by Crippen LogP contribution is -2.40. The third kappa shape index (κ3) is 3.47. The molecule has 1 saturated heterocycles. The molecule has 1 unspecified atom stereocenters. The summed E-state index contributed by atoms with van der Waals surface area (Å²) in [6.45, 7) is 0.842. The molecule has 2 aromatic rings. The minimum absolute atomic E-state index is 0.0304. The maximum absolute atomic E-state index is 13.2. The van der Waals surface area contributed by atoms with Crippen LogP contribution in [0.1, 0.15) is 49.3 Å². The first kappa shape index (κ1) is 20.4. The highest BCUT2D eigenvalue weighted by atomic mass is 16.6. The molecule has 2 aromatic carbocycles. The normalized spacial score (nSPS) is 22.9. The number of ketones is 1. The number of hydrogen-bond acceptors (Lipinski definition) is 6. The van der Waals surface area contributed by atoms with E-state index in [2.05, 4.69) is 0 Å². The van der Waals surface area contributed by atoms with E-state index in [4.69, 9.17) is 9.47 Å². The fourth-order valence-corrected chi connectivity index (χ4v) is 4.95. The molecule has 0 spiro atoms. The van der Waals surface area contributed by atoms with Crippen molar-refractivity contribution in [3.63, 3.8) is 0 Å². The van der Waals surface area contributed by atoms with Gasteiger partial charge in [0.25, 0.3) is 11.7 Å². The van der Waals surface area contributed by atoms with Crippen molar-refractivity contribution in [3.8, 4) is 17.2 Å². The second-order valence-electron chi connectivity index (χ2n) is 8.45. The van der Waals surface area contributed by atoms with Gasteiger partial charge in [0.05, 0.1) is 11.6 Å². The van der Waals surface area contributed by atoms with E-state index in [1.54, 1.807) is 41.3 Å². The number of benzene rings is 2. The van der Waals surface area contributed by atoms with E-state index in [1.807, 2.05) is 0 Å². The van der Waals surface area contributed by atoms with Crippen LogP contribution in [0.15, 0.2) is 48.0 Å². The fraction of sp³-hybridized carbons (Fsp3) is 0.360. The van der Waals surface area contributed by atoms with E-state index in [0.29, 0.717) is 35.8 Å². The standard InChI is InChI=1S/C25H25NO6/c27-18-8-4-5-15(13-18)22-21(24(29)25(30)26(22)17-6-2-1-3-7-17)23(28)16-9-10-19-20(14-16)32-12-11-31-19/h4-5,8-10,13-14,17,22,27-28H,1-3,6-7,11-12H2/b23-21-. The van der Waals surface area contributed by atoms with Gasteiger partial charge in [0.1, 0.15) is 24.7 Å². The molecule has 7 heteroatoms. The third-order valence-electron chi connectivity index (χ3n) is 6.45. The van der Waals surface area contributed by atoms with Crippen LogP contribution in [0.2, 0.25) is 0 Å². The van der Waals surface area contributed by atoms with Crippen LogP contribution in [-0.4, -0.2) is 46.1 Å². The predicted molar refractivity (Wildman–Crippen MR) is 117 cm³/mol. The first-order valence-electron chi connectivity index (χ1n) is 11.0. The smallest absolute Gasteiger partial charge is 0.295 e. The van der Waals surface area contributed by atoms with Crippen molar-refractivity contribution >= 4 is 17.4 Å². The van der Waals surface area contributed by atoms with Gasteiger partial charge in [-0.1, -0.05) is 31.4 Å². The molecular weight excluding hydrogens is 410 g/mol. The molecule has 0 radical (unpaired) electrons. The summed E-state index contributed by atoms with van der Waals surface area (Å²) in [5.41, 5.74) is 0.998. The van der Waals surface area contributed by atoms with Crippen molar-refractivity contribution in [1.82, 2.24) is 4.90 Å². The molecule has 0 aromatic heterocycles. The van der Waals surface area contributed by atoms with Crippen LogP contribution in [0.4, 0.5) is 0 Å². The summed E-state index contributed by atoms with van der Waals surface area (Å²) in [4.78, 5) is 28.0. The largest absolute Gasteiger partial charge is 0.508 e. The van der Waals surface area contributed by atoms with Crippen molar-refractivity contribution in [2.75, 3.05) is 13.2 Å². The highest BCUT2D eigenvalue weighted by molar-refractivity contribution is 6.46.